The summed E-state index contributed by atoms with van der Waals surface area (Å²) in [5.74, 6) is 0.560. The molecule has 0 aromatic carbocycles. The van der Waals surface area contributed by atoms with Crippen LogP contribution in [0.3, 0.4) is 0 Å². The fourth-order valence-electron chi connectivity index (χ4n) is 3.49. The maximum Gasteiger partial charge on any atom is 0.0919 e. The lowest BCUT2D eigenvalue weighted by atomic mass is 9.64. The van der Waals surface area contributed by atoms with Crippen LogP contribution in [0.15, 0.2) is 18.3 Å². The van der Waals surface area contributed by atoms with E-state index in [9.17, 15) is 5.11 Å². The molecule has 1 aliphatic carbocycles. The minimum Gasteiger partial charge on any atom is -0.385 e. The normalized spacial score (nSPS) is 32.4. The van der Waals surface area contributed by atoms with E-state index in [1.165, 1.54) is 6.42 Å². The lowest BCUT2D eigenvalue weighted by molar-refractivity contribution is -0.0637. The highest BCUT2D eigenvalue weighted by atomic mass is 16.3. The van der Waals surface area contributed by atoms with Crippen molar-refractivity contribution in [3.63, 3.8) is 0 Å². The average molecular weight is 233 g/mol. The first-order chi connectivity index (χ1) is 7.81. The monoisotopic (exact) mass is 233 g/mol. The van der Waals surface area contributed by atoms with Crippen molar-refractivity contribution < 1.29 is 5.11 Å². The van der Waals surface area contributed by atoms with Gasteiger partial charge < -0.3 is 5.11 Å². The van der Waals surface area contributed by atoms with Crippen molar-refractivity contribution in [1.82, 2.24) is 4.98 Å². The van der Waals surface area contributed by atoms with Gasteiger partial charge in [-0.3, -0.25) is 4.98 Å². The molecule has 1 N–H and O–H groups in total. The highest BCUT2D eigenvalue weighted by Gasteiger charge is 2.42. The van der Waals surface area contributed by atoms with E-state index in [1.807, 2.05) is 25.3 Å². The zero-order chi connectivity index (χ0) is 12.7. The Kier molecular flexibility index (Phi) is 3.03. The first-order valence-corrected chi connectivity index (χ1v) is 6.46. The molecule has 0 saturated heterocycles. The molecule has 94 valence electrons. The molecule has 2 heteroatoms. The van der Waals surface area contributed by atoms with E-state index < -0.39 is 5.60 Å². The Morgan fingerprint density at radius 1 is 1.29 bits per heavy atom. The van der Waals surface area contributed by atoms with Gasteiger partial charge >= 0.3 is 0 Å². The van der Waals surface area contributed by atoms with Crippen LogP contribution in [-0.2, 0) is 5.60 Å². The molecule has 2 atom stereocenters. The molecule has 2 nitrogen and oxygen atoms in total. The van der Waals surface area contributed by atoms with Gasteiger partial charge in [0.2, 0.25) is 0 Å². The van der Waals surface area contributed by atoms with E-state index in [0.29, 0.717) is 5.92 Å². The van der Waals surface area contributed by atoms with Crippen LogP contribution in [0.5, 0.6) is 0 Å². The molecule has 1 heterocycles. The predicted octanol–water partition coefficient (Wildman–Crippen LogP) is 3.42. The van der Waals surface area contributed by atoms with Crippen LogP contribution in [0.25, 0.3) is 0 Å². The van der Waals surface area contributed by atoms with Crippen molar-refractivity contribution in [2.75, 3.05) is 0 Å². The van der Waals surface area contributed by atoms with Crippen LogP contribution in [0.4, 0.5) is 0 Å². The summed E-state index contributed by atoms with van der Waals surface area (Å²) in [5.41, 5.74) is 1.49. The Hall–Kier alpha value is -0.890. The minimum absolute atomic E-state index is 0.206. The Balaban J connectivity index is 2.31. The number of pyridine rings is 1. The molecule has 0 bridgehead atoms. The van der Waals surface area contributed by atoms with Crippen molar-refractivity contribution in [3.8, 4) is 0 Å². The first-order valence-electron chi connectivity index (χ1n) is 6.46. The SMILES string of the molecule is Cc1ccc(C2(O)CC(C)CC(C)(C)C2)cn1. The average Bonchev–Trinajstić information content (AvgIpc) is 2.14. The number of aromatic nitrogens is 1. The molecule has 1 aliphatic rings. The molecule has 1 saturated carbocycles. The Morgan fingerprint density at radius 2 is 2.00 bits per heavy atom. The summed E-state index contributed by atoms with van der Waals surface area (Å²) in [6, 6.07) is 4.01. The standard InChI is InChI=1S/C15H23NO/c1-11-7-14(3,4)10-15(17,8-11)13-6-5-12(2)16-9-13/h5-6,9,11,17H,7-8,10H2,1-4H3. The Bertz CT molecular complexity index is 396. The summed E-state index contributed by atoms with van der Waals surface area (Å²) in [7, 11) is 0. The summed E-state index contributed by atoms with van der Waals surface area (Å²) in [4.78, 5) is 4.31. The van der Waals surface area contributed by atoms with E-state index in [4.69, 9.17) is 0 Å². The maximum atomic E-state index is 10.9. The molecule has 1 aromatic heterocycles. The zero-order valence-corrected chi connectivity index (χ0v) is 11.3. The van der Waals surface area contributed by atoms with Crippen molar-refractivity contribution in [1.29, 1.82) is 0 Å². The number of aliphatic hydroxyl groups is 1. The van der Waals surface area contributed by atoms with Crippen LogP contribution in [0.2, 0.25) is 0 Å². The second-order valence-corrected chi connectivity index (χ2v) is 6.57. The maximum absolute atomic E-state index is 10.9. The fraction of sp³-hybridized carbons (Fsp3) is 0.667. The van der Waals surface area contributed by atoms with Crippen molar-refractivity contribution in [2.45, 2.75) is 52.6 Å². The lowest BCUT2D eigenvalue weighted by Crippen LogP contribution is -2.40. The molecule has 1 aromatic rings. The van der Waals surface area contributed by atoms with Crippen molar-refractivity contribution in [2.24, 2.45) is 11.3 Å². The smallest absolute Gasteiger partial charge is 0.0919 e. The fourth-order valence-corrected chi connectivity index (χ4v) is 3.49. The van der Waals surface area contributed by atoms with Gasteiger partial charge in [-0.15, -0.1) is 0 Å². The number of hydrogen-bond donors (Lipinski definition) is 1. The summed E-state index contributed by atoms with van der Waals surface area (Å²) in [6.45, 7) is 8.69. The minimum atomic E-state index is -0.693. The van der Waals surface area contributed by atoms with Gasteiger partial charge in [0.1, 0.15) is 0 Å². The molecule has 0 radical (unpaired) electrons. The van der Waals surface area contributed by atoms with Gasteiger partial charge in [-0.25, -0.2) is 0 Å². The van der Waals surface area contributed by atoms with Crippen LogP contribution in [0.1, 0.15) is 51.3 Å². The topological polar surface area (TPSA) is 33.1 Å². The number of rotatable bonds is 1. The molecule has 0 spiro atoms. The summed E-state index contributed by atoms with van der Waals surface area (Å²) >= 11 is 0. The third-order valence-corrected chi connectivity index (χ3v) is 3.81. The summed E-state index contributed by atoms with van der Waals surface area (Å²) in [5, 5.41) is 10.9. The molecule has 17 heavy (non-hydrogen) atoms. The largest absolute Gasteiger partial charge is 0.385 e. The molecular weight excluding hydrogens is 210 g/mol. The van der Waals surface area contributed by atoms with E-state index in [0.717, 1.165) is 24.1 Å². The van der Waals surface area contributed by atoms with Crippen LogP contribution < -0.4 is 0 Å². The second-order valence-electron chi connectivity index (χ2n) is 6.57. The first kappa shape index (κ1) is 12.6. The van der Waals surface area contributed by atoms with E-state index in [1.54, 1.807) is 0 Å². The highest BCUT2D eigenvalue weighted by Crippen LogP contribution is 2.48. The van der Waals surface area contributed by atoms with Crippen molar-refractivity contribution >= 4 is 0 Å². The van der Waals surface area contributed by atoms with Gasteiger partial charge in [0.25, 0.3) is 0 Å². The summed E-state index contributed by atoms with van der Waals surface area (Å²) in [6.07, 6.45) is 4.70. The van der Waals surface area contributed by atoms with Crippen LogP contribution in [0, 0.1) is 18.3 Å². The molecule has 2 unspecified atom stereocenters. The molecule has 2 rings (SSSR count). The van der Waals surface area contributed by atoms with Gasteiger partial charge in [0.05, 0.1) is 5.60 Å². The molecule has 1 fully saturated rings. The lowest BCUT2D eigenvalue weighted by Gasteiger charge is -2.44. The number of hydrogen-bond acceptors (Lipinski definition) is 2. The highest BCUT2D eigenvalue weighted by molar-refractivity contribution is 5.22. The van der Waals surface area contributed by atoms with Gasteiger partial charge in [-0.1, -0.05) is 26.8 Å². The Morgan fingerprint density at radius 3 is 2.53 bits per heavy atom. The van der Waals surface area contributed by atoms with Gasteiger partial charge in [0, 0.05) is 17.5 Å². The quantitative estimate of drug-likeness (QED) is 0.806. The van der Waals surface area contributed by atoms with Gasteiger partial charge in [0.15, 0.2) is 0 Å². The Labute approximate surface area is 104 Å². The molecular formula is C15H23NO. The number of nitrogens with zero attached hydrogens (tertiary/aromatic N) is 1. The molecule has 0 aliphatic heterocycles. The van der Waals surface area contributed by atoms with E-state index in [-0.39, 0.29) is 5.41 Å². The summed E-state index contributed by atoms with van der Waals surface area (Å²) < 4.78 is 0. The van der Waals surface area contributed by atoms with Crippen LogP contribution >= 0.6 is 0 Å². The zero-order valence-electron chi connectivity index (χ0n) is 11.3. The van der Waals surface area contributed by atoms with Crippen molar-refractivity contribution in [3.05, 3.63) is 29.6 Å². The number of aryl methyl sites for hydroxylation is 1. The van der Waals surface area contributed by atoms with E-state index in [2.05, 4.69) is 25.8 Å². The second kappa shape index (κ2) is 4.09. The molecule has 0 amide bonds. The third kappa shape index (κ3) is 2.68. The van der Waals surface area contributed by atoms with Gasteiger partial charge in [-0.05, 0) is 43.6 Å². The van der Waals surface area contributed by atoms with Crippen LogP contribution in [-0.4, -0.2) is 10.1 Å². The van der Waals surface area contributed by atoms with Gasteiger partial charge in [-0.2, -0.15) is 0 Å². The van der Waals surface area contributed by atoms with E-state index >= 15 is 0 Å². The predicted molar refractivity (Wildman–Crippen MR) is 69.7 cm³/mol. The third-order valence-electron chi connectivity index (χ3n) is 3.81.